The van der Waals surface area contributed by atoms with Gasteiger partial charge < -0.3 is 0 Å². The van der Waals surface area contributed by atoms with Crippen molar-refractivity contribution < 1.29 is 66.1 Å². The number of aliphatic hydroxyl groups is 6. The Morgan fingerprint density at radius 2 is 0.667 bits per heavy atom. The van der Waals surface area contributed by atoms with Gasteiger partial charge in [0.15, 0.2) is 0 Å². The van der Waals surface area contributed by atoms with Crippen LogP contribution in [0.25, 0.3) is 0 Å². The minimum absolute atomic E-state index is 0.871. The molecule has 30 heavy (non-hydrogen) atoms. The summed E-state index contributed by atoms with van der Waals surface area (Å²) >= 11 is -6.30. The first-order chi connectivity index (χ1) is 13.3. The summed E-state index contributed by atoms with van der Waals surface area (Å²) in [6.45, 7) is 13.8. The zero-order chi connectivity index (χ0) is 24.5. The van der Waals surface area contributed by atoms with E-state index in [1.807, 2.05) is 0 Å². The summed E-state index contributed by atoms with van der Waals surface area (Å²) < 4.78 is 22.9. The molecule has 0 rings (SSSR count). The van der Waals surface area contributed by atoms with Crippen LogP contribution in [0, 0.1) is 0 Å². The first-order valence-electron chi connectivity index (χ1n) is 10.4. The van der Waals surface area contributed by atoms with E-state index in [1.54, 1.807) is 27.7 Å². The molecule has 6 N–H and O–H groups in total. The van der Waals surface area contributed by atoms with Gasteiger partial charge in [-0.3, -0.25) is 0 Å². The average molecular weight is 480 g/mol. The molecule has 0 aliphatic carbocycles. The molecule has 0 aromatic heterocycles. The van der Waals surface area contributed by atoms with Crippen LogP contribution < -0.4 is 0 Å². The number of hydrogen-bond donors (Lipinski definition) is 6. The standard InChI is InChI=1S/2C6H15NO4.2C3H7.O.Ti/c2*1-4(8)7(11,5(2)9)6(3)10;2*1-3-2;;/h2*4-6,8-10H,1-3H3;2*3H,1-2H3;;/q;;;;;+2. The van der Waals surface area contributed by atoms with E-state index in [2.05, 4.69) is 0 Å². The van der Waals surface area contributed by atoms with Crippen molar-refractivity contribution >= 4 is 0 Å². The maximum atomic E-state index is 15.0. The number of hydroxylamine groups is 6. The predicted molar refractivity (Wildman–Crippen MR) is 104 cm³/mol. The number of aliphatic hydroxyl groups excluding tert-OH is 6. The fourth-order valence-electron chi connectivity index (χ4n) is 4.06. The summed E-state index contributed by atoms with van der Waals surface area (Å²) in [5.41, 5.74) is 0. The fourth-order valence-corrected chi connectivity index (χ4v) is 10.9. The third-order valence-electron chi connectivity index (χ3n) is 6.26. The van der Waals surface area contributed by atoms with Crippen LogP contribution in [0.4, 0.5) is 0 Å². The third kappa shape index (κ3) is 4.73. The van der Waals surface area contributed by atoms with Crippen molar-refractivity contribution in [2.45, 2.75) is 115 Å². The molecular weight excluding hydrogens is 436 g/mol. The Balaban J connectivity index is 7.27. The molecule has 0 bridgehead atoms. The molecule has 0 saturated heterocycles. The Morgan fingerprint density at radius 1 is 0.500 bits per heavy atom. The molecule has 0 saturated carbocycles. The monoisotopic (exact) mass is 480 g/mol. The molecule has 6 atom stereocenters. The van der Waals surface area contributed by atoms with Gasteiger partial charge in [0.05, 0.1) is 0 Å². The van der Waals surface area contributed by atoms with Gasteiger partial charge in [-0.1, -0.05) is 0 Å². The van der Waals surface area contributed by atoms with Gasteiger partial charge in [0.1, 0.15) is 0 Å². The molecule has 0 radical (unpaired) electrons. The molecule has 0 aromatic carbocycles. The Morgan fingerprint density at radius 3 is 0.767 bits per heavy atom. The molecule has 0 heterocycles. The third-order valence-corrected chi connectivity index (χ3v) is 14.9. The van der Waals surface area contributed by atoms with Crippen LogP contribution in [0.1, 0.15) is 69.2 Å². The molecule has 0 aliphatic rings. The van der Waals surface area contributed by atoms with Crippen molar-refractivity contribution in [3.63, 3.8) is 0 Å². The van der Waals surface area contributed by atoms with Gasteiger partial charge in [-0.25, -0.2) is 0 Å². The summed E-state index contributed by atoms with van der Waals surface area (Å²) in [7, 11) is 0. The van der Waals surface area contributed by atoms with Crippen LogP contribution in [-0.2, 0) is 26.2 Å². The molecule has 0 aliphatic heterocycles. The quantitative estimate of drug-likeness (QED) is 0.104. The van der Waals surface area contributed by atoms with E-state index in [0.717, 1.165) is 0 Å². The van der Waals surface area contributed by atoms with Crippen LogP contribution in [-0.4, -0.2) is 77.3 Å². The van der Waals surface area contributed by atoms with Gasteiger partial charge in [0.25, 0.3) is 0 Å². The first kappa shape index (κ1) is 30.1. The van der Waals surface area contributed by atoms with Gasteiger partial charge in [-0.05, 0) is 0 Å². The van der Waals surface area contributed by atoms with E-state index < -0.39 is 71.2 Å². The minimum atomic E-state index is -6.30. The molecule has 0 amide bonds. The molecular formula is C18H44N2O9Ti+2. The summed E-state index contributed by atoms with van der Waals surface area (Å²) in [6.07, 6.45) is -9.20. The van der Waals surface area contributed by atoms with Gasteiger partial charge in [-0.15, -0.1) is 0 Å². The van der Waals surface area contributed by atoms with Crippen LogP contribution in [0.2, 0.25) is 8.45 Å². The van der Waals surface area contributed by atoms with Crippen LogP contribution in [0.5, 0.6) is 0 Å². The van der Waals surface area contributed by atoms with Crippen LogP contribution >= 0.6 is 0 Å². The fraction of sp³-hybridized carbons (Fsp3) is 1.00. The van der Waals surface area contributed by atoms with E-state index in [-0.39, 0.29) is 0 Å². The number of quaternary nitrogens is 2. The Kier molecular flexibility index (Phi) is 9.98. The second-order valence-electron chi connectivity index (χ2n) is 8.93. The summed E-state index contributed by atoms with van der Waals surface area (Å²) in [5.74, 6) is 0. The van der Waals surface area contributed by atoms with Crippen molar-refractivity contribution in [1.82, 2.24) is 0 Å². The van der Waals surface area contributed by atoms with E-state index >= 15 is 0 Å². The summed E-state index contributed by atoms with van der Waals surface area (Å²) in [6, 6.07) is 0. The van der Waals surface area contributed by atoms with Crippen LogP contribution in [0.3, 0.4) is 0 Å². The van der Waals surface area contributed by atoms with E-state index in [0.29, 0.717) is 0 Å². The van der Waals surface area contributed by atoms with Gasteiger partial charge in [0, 0.05) is 0 Å². The van der Waals surface area contributed by atoms with Crippen molar-refractivity contribution in [2.75, 3.05) is 0 Å². The number of hydrogen-bond acceptors (Lipinski definition) is 9. The predicted octanol–water partition coefficient (Wildman–Crippen LogP) is 1.03. The second-order valence-corrected chi connectivity index (χ2v) is 16.6. The zero-order valence-electron chi connectivity index (χ0n) is 19.9. The summed E-state index contributed by atoms with van der Waals surface area (Å²) in [5, 5.41) is 62.9. The molecule has 12 heteroatoms. The molecule has 0 spiro atoms. The van der Waals surface area contributed by atoms with Crippen molar-refractivity contribution in [3.05, 3.63) is 0 Å². The SMILES string of the molecule is CC(O)[N+]([O][Ti](=[O])([O][N+](C(C)O)(C(C)O)C(C)O)([CH](C)C)[CH](C)C)(C(C)O)C(C)O. The van der Waals surface area contributed by atoms with Gasteiger partial charge in [-0.2, -0.15) is 0 Å². The molecule has 0 fully saturated rings. The Hall–Kier alpha value is 0.114. The number of rotatable bonds is 12. The average Bonchev–Trinajstić information content (AvgIpc) is 2.55. The van der Waals surface area contributed by atoms with Crippen molar-refractivity contribution in [1.29, 1.82) is 0 Å². The van der Waals surface area contributed by atoms with Gasteiger partial charge in [0.2, 0.25) is 0 Å². The van der Waals surface area contributed by atoms with Gasteiger partial charge >= 0.3 is 181 Å². The number of nitrogens with zero attached hydrogens (tertiary/aromatic N) is 2. The van der Waals surface area contributed by atoms with E-state index in [1.165, 1.54) is 41.5 Å². The molecule has 0 aromatic rings. The zero-order valence-corrected chi connectivity index (χ0v) is 21.5. The van der Waals surface area contributed by atoms with Crippen LogP contribution in [0.15, 0.2) is 0 Å². The second kappa shape index (κ2) is 9.94. The Labute approximate surface area is 181 Å². The van der Waals surface area contributed by atoms with E-state index in [4.69, 9.17) is 6.84 Å². The van der Waals surface area contributed by atoms with E-state index in [9.17, 15) is 34.0 Å². The molecule has 11 nitrogen and oxygen atoms in total. The summed E-state index contributed by atoms with van der Waals surface area (Å²) in [4.78, 5) is 0. The topological polar surface area (TPSA) is 157 Å². The van der Waals surface area contributed by atoms with Crippen molar-refractivity contribution in [3.8, 4) is 0 Å². The Bertz CT molecular complexity index is 523. The van der Waals surface area contributed by atoms with Crippen molar-refractivity contribution in [2.24, 2.45) is 0 Å². The molecule has 6 unspecified atom stereocenters. The normalized spacial score (nSPS) is 24.0. The molecule has 182 valence electrons. The maximum absolute atomic E-state index is 15.0. The first-order valence-corrected chi connectivity index (χ1v) is 14.1.